The van der Waals surface area contributed by atoms with Crippen LogP contribution in [0.5, 0.6) is 0 Å². The Hall–Kier alpha value is -1.76. The fourth-order valence-corrected chi connectivity index (χ4v) is 6.10. The van der Waals surface area contributed by atoms with Crippen LogP contribution in [-0.2, 0) is 25.4 Å². The largest absolute Gasteiger partial charge is 0.379 e. The van der Waals surface area contributed by atoms with Crippen LogP contribution >= 0.6 is 11.3 Å². The Kier molecular flexibility index (Phi) is 12.1. The molecule has 1 saturated heterocycles. The van der Waals surface area contributed by atoms with Gasteiger partial charge in [0.05, 0.1) is 18.8 Å². The van der Waals surface area contributed by atoms with Crippen molar-refractivity contribution in [2.45, 2.75) is 96.6 Å². The topological polar surface area (TPSA) is 36.9 Å². The number of fused-ring (bicyclic) bond motifs is 1. The van der Waals surface area contributed by atoms with E-state index in [4.69, 9.17) is 18.9 Å². The Morgan fingerprint density at radius 3 is 2.45 bits per heavy atom. The molecule has 0 N–H and O–H groups in total. The minimum absolute atomic E-state index is 0.00130. The second kappa shape index (κ2) is 15.7. The molecule has 0 radical (unpaired) electrons. The molecule has 0 saturated carbocycles. The zero-order chi connectivity index (χ0) is 26.6. The Balaban J connectivity index is 1.52. The van der Waals surface area contributed by atoms with Gasteiger partial charge < -0.3 is 18.9 Å². The Labute approximate surface area is 233 Å². The summed E-state index contributed by atoms with van der Waals surface area (Å²) >= 11 is 1.83. The van der Waals surface area contributed by atoms with Crippen LogP contribution in [0.1, 0.15) is 88.5 Å². The quantitative estimate of drug-likeness (QED) is 0.171. The van der Waals surface area contributed by atoms with E-state index in [9.17, 15) is 0 Å². The average molecular weight is 539 g/mol. The van der Waals surface area contributed by atoms with Crippen molar-refractivity contribution in [2.75, 3.05) is 26.4 Å². The molecular formula is C33H46O4S. The second-order valence-corrected chi connectivity index (χ2v) is 11.4. The van der Waals surface area contributed by atoms with Gasteiger partial charge in [-0.1, -0.05) is 82.5 Å². The lowest BCUT2D eigenvalue weighted by molar-refractivity contribution is -0.216. The Morgan fingerprint density at radius 2 is 1.63 bits per heavy atom. The normalized spacial score (nSPS) is 21.8. The van der Waals surface area contributed by atoms with E-state index in [0.29, 0.717) is 6.61 Å². The predicted molar refractivity (Wildman–Crippen MR) is 158 cm³/mol. The van der Waals surface area contributed by atoms with Crippen LogP contribution in [-0.4, -0.2) is 44.7 Å². The molecule has 1 aliphatic heterocycles. The van der Waals surface area contributed by atoms with Gasteiger partial charge in [-0.3, -0.25) is 0 Å². The fourth-order valence-electron chi connectivity index (χ4n) is 5.14. The summed E-state index contributed by atoms with van der Waals surface area (Å²) in [5.74, 6) is 0. The zero-order valence-corrected chi connectivity index (χ0v) is 24.3. The summed E-state index contributed by atoms with van der Waals surface area (Å²) < 4.78 is 27.1. The first kappa shape index (κ1) is 29.2. The first-order chi connectivity index (χ1) is 18.7. The van der Waals surface area contributed by atoms with Crippen LogP contribution in [0, 0.1) is 0 Å². The third kappa shape index (κ3) is 8.12. The molecule has 4 nitrogen and oxygen atoms in total. The summed E-state index contributed by atoms with van der Waals surface area (Å²) in [6.45, 7) is 9.39. The smallest absolute Gasteiger partial charge is 0.112 e. The lowest BCUT2D eigenvalue weighted by atomic mass is 9.92. The van der Waals surface area contributed by atoms with E-state index >= 15 is 0 Å². The molecule has 1 fully saturated rings. The van der Waals surface area contributed by atoms with Crippen LogP contribution < -0.4 is 0 Å². The van der Waals surface area contributed by atoms with Crippen molar-refractivity contribution in [1.82, 2.24) is 0 Å². The number of hydrogen-bond acceptors (Lipinski definition) is 5. The van der Waals surface area contributed by atoms with E-state index in [0.717, 1.165) is 71.2 Å². The molecule has 2 heterocycles. The molecule has 4 rings (SSSR count). The highest BCUT2D eigenvalue weighted by molar-refractivity contribution is 7.17. The highest BCUT2D eigenvalue weighted by Gasteiger charge is 2.41. The summed E-state index contributed by atoms with van der Waals surface area (Å²) in [5.41, 5.74) is 3.92. The number of hydrogen-bond donors (Lipinski definition) is 0. The maximum atomic E-state index is 6.77. The van der Waals surface area contributed by atoms with Crippen LogP contribution in [0.25, 0.3) is 10.1 Å². The summed E-state index contributed by atoms with van der Waals surface area (Å²) in [4.78, 5) is 0. The van der Waals surface area contributed by atoms with Crippen molar-refractivity contribution in [3.05, 3.63) is 70.6 Å². The monoisotopic (exact) mass is 538 g/mol. The number of ether oxygens (including phenoxy) is 4. The highest BCUT2D eigenvalue weighted by atomic mass is 32.1. The van der Waals surface area contributed by atoms with Gasteiger partial charge in [0.15, 0.2) is 0 Å². The fraction of sp³-hybridized carbons (Fsp3) is 0.576. The van der Waals surface area contributed by atoms with Gasteiger partial charge in [-0.05, 0) is 59.2 Å². The van der Waals surface area contributed by atoms with E-state index in [1.807, 2.05) is 11.3 Å². The third-order valence-corrected chi connectivity index (χ3v) is 8.37. The molecule has 4 atom stereocenters. The van der Waals surface area contributed by atoms with E-state index in [2.05, 4.69) is 74.7 Å². The van der Waals surface area contributed by atoms with Crippen molar-refractivity contribution in [1.29, 1.82) is 0 Å². The molecule has 38 heavy (non-hydrogen) atoms. The standard InChI is InChI=1S/C33H46O4S/c1-4-7-17-34-23-31-33(36-19-9-6-3)30(35-18-8-5-2)22-29(37-31)26-14-12-13-25(20-26)21-27-24-38-32-16-11-10-15-28(27)32/h10-16,20,24,29-31,33H,4-9,17-19,21-23H2,1-3H3. The second-order valence-electron chi connectivity index (χ2n) is 10.5. The van der Waals surface area contributed by atoms with Gasteiger partial charge in [0.1, 0.15) is 12.2 Å². The molecule has 0 spiro atoms. The first-order valence-electron chi connectivity index (χ1n) is 14.7. The van der Waals surface area contributed by atoms with Crippen molar-refractivity contribution < 1.29 is 18.9 Å². The molecule has 2 aromatic carbocycles. The number of thiophene rings is 1. The molecule has 208 valence electrons. The van der Waals surface area contributed by atoms with Crippen LogP contribution in [0.2, 0.25) is 0 Å². The van der Waals surface area contributed by atoms with Crippen molar-refractivity contribution in [3.63, 3.8) is 0 Å². The van der Waals surface area contributed by atoms with E-state index in [1.54, 1.807) is 0 Å². The lowest BCUT2D eigenvalue weighted by Gasteiger charge is -2.42. The van der Waals surface area contributed by atoms with Crippen LogP contribution in [0.4, 0.5) is 0 Å². The minimum Gasteiger partial charge on any atom is -0.379 e. The first-order valence-corrected chi connectivity index (χ1v) is 15.6. The maximum absolute atomic E-state index is 6.77. The Morgan fingerprint density at radius 1 is 0.868 bits per heavy atom. The lowest BCUT2D eigenvalue weighted by Crippen LogP contribution is -2.50. The number of rotatable bonds is 16. The highest BCUT2D eigenvalue weighted by Crippen LogP contribution is 2.36. The minimum atomic E-state index is -0.140. The molecule has 0 bridgehead atoms. The predicted octanol–water partition coefficient (Wildman–Crippen LogP) is 8.51. The van der Waals surface area contributed by atoms with Crippen molar-refractivity contribution >= 4 is 21.4 Å². The number of unbranched alkanes of at least 4 members (excludes halogenated alkanes) is 3. The van der Waals surface area contributed by atoms with Gasteiger partial charge in [0.2, 0.25) is 0 Å². The van der Waals surface area contributed by atoms with Crippen molar-refractivity contribution in [2.24, 2.45) is 0 Å². The summed E-state index contributed by atoms with van der Waals surface area (Å²) in [5, 5.41) is 3.66. The molecule has 1 aromatic heterocycles. The van der Waals surface area contributed by atoms with Crippen molar-refractivity contribution in [3.8, 4) is 0 Å². The number of benzene rings is 2. The molecule has 0 amide bonds. The third-order valence-electron chi connectivity index (χ3n) is 7.36. The van der Waals surface area contributed by atoms with Gasteiger partial charge in [0, 0.05) is 30.9 Å². The van der Waals surface area contributed by atoms with Gasteiger partial charge >= 0.3 is 0 Å². The van der Waals surface area contributed by atoms with Crippen LogP contribution in [0.3, 0.4) is 0 Å². The molecule has 0 aliphatic carbocycles. The molecular weight excluding hydrogens is 492 g/mol. The van der Waals surface area contributed by atoms with E-state index < -0.39 is 0 Å². The molecule has 3 aromatic rings. The average Bonchev–Trinajstić information content (AvgIpc) is 3.35. The SMILES string of the molecule is CCCCOCC1OC(c2cccc(Cc3csc4ccccc34)c2)CC(OCCCC)C1OCCCC. The van der Waals surface area contributed by atoms with Crippen LogP contribution in [0.15, 0.2) is 53.9 Å². The summed E-state index contributed by atoms with van der Waals surface area (Å²) in [6, 6.07) is 17.6. The van der Waals surface area contributed by atoms with E-state index in [1.165, 1.54) is 26.8 Å². The van der Waals surface area contributed by atoms with Gasteiger partial charge in [-0.25, -0.2) is 0 Å². The summed E-state index contributed by atoms with van der Waals surface area (Å²) in [6.07, 6.45) is 7.98. The molecule has 4 unspecified atom stereocenters. The Bertz CT molecular complexity index is 1080. The van der Waals surface area contributed by atoms with Gasteiger partial charge in [0.25, 0.3) is 0 Å². The van der Waals surface area contributed by atoms with Gasteiger partial charge in [-0.15, -0.1) is 11.3 Å². The molecule has 5 heteroatoms. The summed E-state index contributed by atoms with van der Waals surface area (Å²) in [7, 11) is 0. The van der Waals surface area contributed by atoms with E-state index in [-0.39, 0.29) is 24.4 Å². The zero-order valence-electron chi connectivity index (χ0n) is 23.5. The van der Waals surface area contributed by atoms with Gasteiger partial charge in [-0.2, -0.15) is 0 Å². The maximum Gasteiger partial charge on any atom is 0.112 e. The molecule has 1 aliphatic rings.